The number of hydrogen-bond acceptors (Lipinski definition) is 4. The van der Waals surface area contributed by atoms with E-state index in [2.05, 4.69) is 20.1 Å². The summed E-state index contributed by atoms with van der Waals surface area (Å²) in [5.74, 6) is 0.224. The lowest BCUT2D eigenvalue weighted by Crippen LogP contribution is -2.46. The number of piperazine rings is 1. The molecule has 23 heavy (non-hydrogen) atoms. The number of nitrogens with zero attached hydrogens (tertiary/aromatic N) is 3. The van der Waals surface area contributed by atoms with Crippen LogP contribution in [0, 0.1) is 5.82 Å². The monoisotopic (exact) mass is 314 g/mol. The van der Waals surface area contributed by atoms with Crippen molar-refractivity contribution in [2.24, 2.45) is 0 Å². The molecule has 6 heteroatoms. The van der Waals surface area contributed by atoms with Gasteiger partial charge >= 0.3 is 0 Å². The van der Waals surface area contributed by atoms with Gasteiger partial charge in [0.25, 0.3) is 0 Å². The number of rotatable bonds is 3. The summed E-state index contributed by atoms with van der Waals surface area (Å²) >= 11 is 0. The van der Waals surface area contributed by atoms with E-state index in [1.54, 1.807) is 6.20 Å². The average molecular weight is 314 g/mol. The van der Waals surface area contributed by atoms with Gasteiger partial charge in [0.2, 0.25) is 5.91 Å². The molecule has 1 aromatic heterocycles. The van der Waals surface area contributed by atoms with E-state index in [0.29, 0.717) is 5.82 Å². The zero-order chi connectivity index (χ0) is 16.2. The zero-order valence-corrected chi connectivity index (χ0v) is 13.0. The molecule has 1 fully saturated rings. The molecule has 120 valence electrons. The van der Waals surface area contributed by atoms with E-state index in [9.17, 15) is 9.18 Å². The molecule has 5 nitrogen and oxygen atoms in total. The smallest absolute Gasteiger partial charge is 0.222 e. The predicted octanol–water partition coefficient (Wildman–Crippen LogP) is 2.51. The number of amides is 1. The van der Waals surface area contributed by atoms with Crippen LogP contribution in [0.2, 0.25) is 0 Å². The lowest BCUT2D eigenvalue weighted by molar-refractivity contribution is -0.114. The second-order valence-corrected chi connectivity index (χ2v) is 5.53. The Balaban J connectivity index is 1.60. The molecule has 0 spiro atoms. The summed E-state index contributed by atoms with van der Waals surface area (Å²) in [6.07, 6.45) is 1.78. The number of hydrogen-bond donors (Lipinski definition) is 1. The fourth-order valence-electron chi connectivity index (χ4n) is 2.70. The highest BCUT2D eigenvalue weighted by Crippen LogP contribution is 2.21. The Morgan fingerprint density at radius 3 is 2.09 bits per heavy atom. The van der Waals surface area contributed by atoms with Crippen molar-refractivity contribution in [3.8, 4) is 0 Å². The van der Waals surface area contributed by atoms with Crippen LogP contribution in [0.25, 0.3) is 0 Å². The summed E-state index contributed by atoms with van der Waals surface area (Å²) in [5, 5.41) is 2.66. The second kappa shape index (κ2) is 6.64. The lowest BCUT2D eigenvalue weighted by atomic mass is 10.2. The first-order chi connectivity index (χ1) is 11.1. The van der Waals surface area contributed by atoms with Gasteiger partial charge in [0.05, 0.1) is 11.9 Å². The largest absolute Gasteiger partial charge is 0.368 e. The summed E-state index contributed by atoms with van der Waals surface area (Å²) in [6.45, 7) is 4.96. The molecule has 2 heterocycles. The van der Waals surface area contributed by atoms with Crippen molar-refractivity contribution in [1.29, 1.82) is 0 Å². The van der Waals surface area contributed by atoms with Gasteiger partial charge in [-0.1, -0.05) is 0 Å². The summed E-state index contributed by atoms with van der Waals surface area (Å²) < 4.78 is 13.0. The first-order valence-electron chi connectivity index (χ1n) is 7.61. The van der Waals surface area contributed by atoms with Crippen molar-refractivity contribution in [1.82, 2.24) is 4.98 Å². The highest BCUT2D eigenvalue weighted by Gasteiger charge is 2.17. The Labute approximate surface area is 134 Å². The molecule has 0 unspecified atom stereocenters. The van der Waals surface area contributed by atoms with Crippen LogP contribution in [0.5, 0.6) is 0 Å². The standard InChI is InChI=1S/C17H19FN4O/c1-13(23)20-17-7-6-16(12-19-17)22-10-8-21(9-11-22)15-4-2-14(18)3-5-15/h2-7,12H,8-11H2,1H3,(H,19,20,23). The average Bonchev–Trinajstić information content (AvgIpc) is 2.56. The number of anilines is 3. The van der Waals surface area contributed by atoms with Gasteiger partial charge in [-0.3, -0.25) is 4.79 Å². The van der Waals surface area contributed by atoms with Gasteiger partial charge in [0, 0.05) is 38.8 Å². The third-order valence-corrected chi connectivity index (χ3v) is 3.89. The Morgan fingerprint density at radius 2 is 1.57 bits per heavy atom. The number of benzene rings is 1. The maximum atomic E-state index is 13.0. The molecule has 0 bridgehead atoms. The molecule has 1 N–H and O–H groups in total. The van der Waals surface area contributed by atoms with Gasteiger partial charge < -0.3 is 15.1 Å². The van der Waals surface area contributed by atoms with E-state index < -0.39 is 0 Å². The van der Waals surface area contributed by atoms with E-state index in [1.165, 1.54) is 19.1 Å². The normalized spacial score (nSPS) is 14.7. The molecule has 0 radical (unpaired) electrons. The molecule has 3 rings (SSSR count). The van der Waals surface area contributed by atoms with Crippen molar-refractivity contribution in [3.63, 3.8) is 0 Å². The summed E-state index contributed by atoms with van der Waals surface area (Å²) in [4.78, 5) is 19.8. The Morgan fingerprint density at radius 1 is 1.00 bits per heavy atom. The quantitative estimate of drug-likeness (QED) is 0.946. The minimum atomic E-state index is -0.210. The first kappa shape index (κ1) is 15.3. The molecule has 1 aliphatic rings. The van der Waals surface area contributed by atoms with E-state index in [4.69, 9.17) is 0 Å². The number of nitrogens with one attached hydrogen (secondary N) is 1. The number of pyridine rings is 1. The number of carbonyl (C=O) groups is 1. The second-order valence-electron chi connectivity index (χ2n) is 5.53. The van der Waals surface area contributed by atoms with Gasteiger partial charge in [0.15, 0.2) is 0 Å². The molecule has 0 saturated carbocycles. The van der Waals surface area contributed by atoms with Gasteiger partial charge in [-0.05, 0) is 36.4 Å². The summed E-state index contributed by atoms with van der Waals surface area (Å²) in [7, 11) is 0. The molecule has 1 aliphatic heterocycles. The van der Waals surface area contributed by atoms with Crippen LogP contribution < -0.4 is 15.1 Å². The molecular weight excluding hydrogens is 295 g/mol. The van der Waals surface area contributed by atoms with E-state index in [1.807, 2.05) is 24.3 Å². The first-order valence-corrected chi connectivity index (χ1v) is 7.61. The van der Waals surface area contributed by atoms with E-state index in [-0.39, 0.29) is 11.7 Å². The molecule has 1 amide bonds. The minimum Gasteiger partial charge on any atom is -0.368 e. The number of aromatic nitrogens is 1. The maximum absolute atomic E-state index is 13.0. The molecular formula is C17H19FN4O. The maximum Gasteiger partial charge on any atom is 0.222 e. The summed E-state index contributed by atoms with van der Waals surface area (Å²) in [5.41, 5.74) is 2.09. The van der Waals surface area contributed by atoms with Crippen molar-refractivity contribution in [2.75, 3.05) is 41.3 Å². The minimum absolute atomic E-state index is 0.127. The molecule has 0 atom stereocenters. The van der Waals surface area contributed by atoms with Crippen LogP contribution in [0.4, 0.5) is 21.6 Å². The third-order valence-electron chi connectivity index (χ3n) is 3.89. The van der Waals surface area contributed by atoms with E-state index >= 15 is 0 Å². The molecule has 1 aromatic carbocycles. The predicted molar refractivity (Wildman–Crippen MR) is 89.4 cm³/mol. The van der Waals surface area contributed by atoms with Crippen molar-refractivity contribution < 1.29 is 9.18 Å². The SMILES string of the molecule is CC(=O)Nc1ccc(N2CCN(c3ccc(F)cc3)CC2)cn1. The lowest BCUT2D eigenvalue weighted by Gasteiger charge is -2.37. The van der Waals surface area contributed by atoms with Crippen LogP contribution in [-0.4, -0.2) is 37.1 Å². The van der Waals surface area contributed by atoms with Crippen molar-refractivity contribution in [2.45, 2.75) is 6.92 Å². The van der Waals surface area contributed by atoms with Gasteiger partial charge in [-0.25, -0.2) is 9.37 Å². The zero-order valence-electron chi connectivity index (χ0n) is 13.0. The fourth-order valence-corrected chi connectivity index (χ4v) is 2.70. The van der Waals surface area contributed by atoms with Crippen molar-refractivity contribution in [3.05, 3.63) is 48.4 Å². The number of carbonyl (C=O) groups excluding carboxylic acids is 1. The molecule has 2 aromatic rings. The van der Waals surface area contributed by atoms with Crippen LogP contribution in [0.15, 0.2) is 42.6 Å². The highest BCUT2D eigenvalue weighted by molar-refractivity contribution is 5.87. The van der Waals surface area contributed by atoms with Crippen molar-refractivity contribution >= 4 is 23.1 Å². The van der Waals surface area contributed by atoms with Crippen LogP contribution >= 0.6 is 0 Å². The number of halogens is 1. The summed E-state index contributed by atoms with van der Waals surface area (Å²) in [6, 6.07) is 10.4. The topological polar surface area (TPSA) is 48.5 Å². The Hall–Kier alpha value is -2.63. The Bertz CT molecular complexity index is 664. The third kappa shape index (κ3) is 3.77. The van der Waals surface area contributed by atoms with Crippen LogP contribution in [0.3, 0.4) is 0 Å². The highest BCUT2D eigenvalue weighted by atomic mass is 19.1. The van der Waals surface area contributed by atoms with Gasteiger partial charge in [-0.2, -0.15) is 0 Å². The molecule has 1 saturated heterocycles. The van der Waals surface area contributed by atoms with Gasteiger partial charge in [-0.15, -0.1) is 0 Å². The van der Waals surface area contributed by atoms with Crippen LogP contribution in [0.1, 0.15) is 6.92 Å². The van der Waals surface area contributed by atoms with E-state index in [0.717, 1.165) is 37.6 Å². The fraction of sp³-hybridized carbons (Fsp3) is 0.294. The van der Waals surface area contributed by atoms with Gasteiger partial charge in [0.1, 0.15) is 11.6 Å². The molecule has 0 aliphatic carbocycles. The van der Waals surface area contributed by atoms with Crippen LogP contribution in [-0.2, 0) is 4.79 Å². The Kier molecular flexibility index (Phi) is 4.41.